The second kappa shape index (κ2) is 8.45. The minimum atomic E-state index is -0.980. The van der Waals surface area contributed by atoms with Crippen molar-refractivity contribution in [3.05, 3.63) is 35.4 Å². The van der Waals surface area contributed by atoms with Crippen molar-refractivity contribution in [2.75, 3.05) is 19.3 Å². The molecule has 0 spiro atoms. The molecule has 1 aromatic rings. The predicted octanol–water partition coefficient (Wildman–Crippen LogP) is 2.93. The number of nitrogens with zero attached hydrogens (tertiary/aromatic N) is 1. The molecule has 0 aromatic heterocycles. The monoisotopic (exact) mass is 338 g/mol. The summed E-state index contributed by atoms with van der Waals surface area (Å²) in [5.41, 5.74) is 2.34. The zero-order chi connectivity index (χ0) is 16.8. The molecule has 1 heterocycles. The lowest BCUT2D eigenvalue weighted by atomic mass is 10.0. The minimum absolute atomic E-state index is 0.0215. The summed E-state index contributed by atoms with van der Waals surface area (Å²) >= 11 is 0. The number of benzene rings is 1. The Kier molecular flexibility index (Phi) is 6.59. The van der Waals surface area contributed by atoms with E-state index in [9.17, 15) is 9.00 Å². The van der Waals surface area contributed by atoms with Crippen molar-refractivity contribution in [2.24, 2.45) is 0 Å². The third kappa shape index (κ3) is 5.32. The number of ether oxygens (including phenoxy) is 1. The lowest BCUT2D eigenvalue weighted by molar-refractivity contribution is 0.00942. The maximum Gasteiger partial charge on any atom is 0.410 e. The molecule has 128 valence electrons. The fraction of sp³-hybridized carbons (Fsp3) is 0.588. The highest BCUT2D eigenvalue weighted by atomic mass is 32.2. The van der Waals surface area contributed by atoms with Gasteiger partial charge in [0.2, 0.25) is 0 Å². The van der Waals surface area contributed by atoms with Crippen LogP contribution in [-0.4, -0.2) is 40.7 Å². The van der Waals surface area contributed by atoms with Crippen LogP contribution in [0.3, 0.4) is 0 Å². The summed E-state index contributed by atoms with van der Waals surface area (Å²) in [5.74, 6) is 0. The zero-order valence-electron chi connectivity index (χ0n) is 14.1. The highest BCUT2D eigenvalue weighted by Crippen LogP contribution is 2.26. The first-order valence-corrected chi connectivity index (χ1v) is 9.64. The molecule has 1 fully saturated rings. The Hall–Kier alpha value is -1.40. The molecule has 6 heteroatoms. The quantitative estimate of drug-likeness (QED) is 0.778. The standard InChI is InChI=1S/C17H26N2O3S/c1-13-6-8-15(9-7-13)14(2)19-12-10-16(22-17(19)20)5-4-11-18-23(3)21/h6-9,14,16,18H,4-5,10-12H2,1-3H3. The Morgan fingerprint density at radius 2 is 2.09 bits per heavy atom. The number of hydrogen-bond donors (Lipinski definition) is 1. The van der Waals surface area contributed by atoms with E-state index in [1.54, 1.807) is 11.2 Å². The molecule has 0 saturated carbocycles. The number of aryl methyl sites for hydroxylation is 1. The highest BCUT2D eigenvalue weighted by Gasteiger charge is 2.30. The van der Waals surface area contributed by atoms with Crippen molar-refractivity contribution >= 4 is 17.1 Å². The van der Waals surface area contributed by atoms with E-state index in [-0.39, 0.29) is 18.2 Å². The summed E-state index contributed by atoms with van der Waals surface area (Å²) in [6, 6.07) is 8.28. The van der Waals surface area contributed by atoms with Crippen LogP contribution in [0.1, 0.15) is 43.4 Å². The van der Waals surface area contributed by atoms with Crippen molar-refractivity contribution in [3.8, 4) is 0 Å². The van der Waals surface area contributed by atoms with E-state index >= 15 is 0 Å². The Balaban J connectivity index is 1.82. The van der Waals surface area contributed by atoms with Crippen LogP contribution in [0.25, 0.3) is 0 Å². The van der Waals surface area contributed by atoms with Gasteiger partial charge in [0.05, 0.1) is 17.0 Å². The van der Waals surface area contributed by atoms with Gasteiger partial charge in [-0.2, -0.15) is 0 Å². The van der Waals surface area contributed by atoms with Crippen molar-refractivity contribution in [3.63, 3.8) is 0 Å². The van der Waals surface area contributed by atoms with E-state index in [1.165, 1.54) is 5.56 Å². The Bertz CT molecular complexity index is 547. The normalized spacial score (nSPS) is 20.9. The van der Waals surface area contributed by atoms with Crippen molar-refractivity contribution in [1.82, 2.24) is 9.62 Å². The van der Waals surface area contributed by atoms with E-state index in [4.69, 9.17) is 4.74 Å². The molecule has 1 amide bonds. The largest absolute Gasteiger partial charge is 0.446 e. The van der Waals surface area contributed by atoms with Crippen molar-refractivity contribution in [1.29, 1.82) is 0 Å². The van der Waals surface area contributed by atoms with Gasteiger partial charge in [-0.25, -0.2) is 13.7 Å². The number of carbonyl (C=O) groups is 1. The van der Waals surface area contributed by atoms with Crippen LogP contribution < -0.4 is 4.72 Å². The fourth-order valence-electron chi connectivity index (χ4n) is 2.77. The molecular weight excluding hydrogens is 312 g/mol. The molecule has 1 aromatic carbocycles. The van der Waals surface area contributed by atoms with E-state index in [0.29, 0.717) is 13.1 Å². The number of carbonyl (C=O) groups excluding carboxylic acids is 1. The molecule has 1 aliphatic heterocycles. The van der Waals surface area contributed by atoms with Gasteiger partial charge in [-0.05, 0) is 32.3 Å². The fourth-order valence-corrected chi connectivity index (χ4v) is 3.20. The number of amides is 1. The third-order valence-electron chi connectivity index (χ3n) is 4.23. The van der Waals surface area contributed by atoms with E-state index in [1.807, 2.05) is 6.92 Å². The molecule has 2 rings (SSSR count). The minimum Gasteiger partial charge on any atom is -0.446 e. The van der Waals surface area contributed by atoms with Crippen LogP contribution >= 0.6 is 0 Å². The number of nitrogens with one attached hydrogen (secondary N) is 1. The van der Waals surface area contributed by atoms with Gasteiger partial charge in [-0.1, -0.05) is 29.8 Å². The van der Waals surface area contributed by atoms with Crippen LogP contribution in [-0.2, 0) is 15.7 Å². The van der Waals surface area contributed by atoms with Crippen LogP contribution in [0.15, 0.2) is 24.3 Å². The Morgan fingerprint density at radius 3 is 2.70 bits per heavy atom. The van der Waals surface area contributed by atoms with Gasteiger partial charge < -0.3 is 9.64 Å². The Morgan fingerprint density at radius 1 is 1.39 bits per heavy atom. The number of cyclic esters (lactones) is 1. The maximum atomic E-state index is 12.3. The van der Waals surface area contributed by atoms with Crippen LogP contribution in [0, 0.1) is 6.92 Å². The van der Waals surface area contributed by atoms with Gasteiger partial charge in [0.25, 0.3) is 0 Å². The van der Waals surface area contributed by atoms with Gasteiger partial charge in [0, 0.05) is 25.8 Å². The van der Waals surface area contributed by atoms with Crippen molar-refractivity contribution in [2.45, 2.75) is 45.3 Å². The maximum absolute atomic E-state index is 12.3. The average molecular weight is 338 g/mol. The highest BCUT2D eigenvalue weighted by molar-refractivity contribution is 7.82. The number of rotatable bonds is 7. The second-order valence-corrected chi connectivity index (χ2v) is 7.26. The summed E-state index contributed by atoms with van der Waals surface area (Å²) in [5, 5.41) is 0. The molecule has 23 heavy (non-hydrogen) atoms. The van der Waals surface area contributed by atoms with Crippen LogP contribution in [0.5, 0.6) is 0 Å². The summed E-state index contributed by atoms with van der Waals surface area (Å²) in [4.78, 5) is 14.1. The van der Waals surface area contributed by atoms with Crippen LogP contribution in [0.4, 0.5) is 4.79 Å². The van der Waals surface area contributed by atoms with E-state index < -0.39 is 11.0 Å². The molecular formula is C17H26N2O3S. The van der Waals surface area contributed by atoms with Crippen molar-refractivity contribution < 1.29 is 13.7 Å². The molecule has 0 radical (unpaired) electrons. The molecule has 1 aliphatic rings. The van der Waals surface area contributed by atoms with E-state index in [0.717, 1.165) is 24.8 Å². The molecule has 3 unspecified atom stereocenters. The summed E-state index contributed by atoms with van der Waals surface area (Å²) in [7, 11) is -0.980. The van der Waals surface area contributed by atoms with Gasteiger partial charge in [-0.3, -0.25) is 0 Å². The first-order chi connectivity index (χ1) is 11.0. The van der Waals surface area contributed by atoms with Gasteiger partial charge in [0.1, 0.15) is 6.10 Å². The first-order valence-electron chi connectivity index (χ1n) is 8.08. The predicted molar refractivity (Wildman–Crippen MR) is 92.5 cm³/mol. The lowest BCUT2D eigenvalue weighted by Gasteiger charge is -2.36. The first kappa shape index (κ1) is 17.9. The Labute approximate surface area is 141 Å². The smallest absolute Gasteiger partial charge is 0.410 e. The molecule has 1 saturated heterocycles. The molecule has 0 bridgehead atoms. The molecule has 3 atom stereocenters. The van der Waals surface area contributed by atoms with Gasteiger partial charge in [-0.15, -0.1) is 0 Å². The topological polar surface area (TPSA) is 58.6 Å². The summed E-state index contributed by atoms with van der Waals surface area (Å²) < 4.78 is 19.4. The average Bonchev–Trinajstić information content (AvgIpc) is 2.51. The number of hydrogen-bond acceptors (Lipinski definition) is 3. The summed E-state index contributed by atoms with van der Waals surface area (Å²) in [6.45, 7) is 5.48. The van der Waals surface area contributed by atoms with E-state index in [2.05, 4.69) is 35.9 Å². The van der Waals surface area contributed by atoms with Gasteiger partial charge in [0.15, 0.2) is 0 Å². The van der Waals surface area contributed by atoms with Gasteiger partial charge >= 0.3 is 6.09 Å². The lowest BCUT2D eigenvalue weighted by Crippen LogP contribution is -2.43. The molecule has 0 aliphatic carbocycles. The SMILES string of the molecule is Cc1ccc(C(C)N2CCC(CCCNS(C)=O)OC2=O)cc1. The second-order valence-electron chi connectivity index (χ2n) is 6.07. The molecule has 5 nitrogen and oxygen atoms in total. The third-order valence-corrected chi connectivity index (χ3v) is 4.84. The molecule has 1 N–H and O–H groups in total. The van der Waals surface area contributed by atoms with Crippen LogP contribution in [0.2, 0.25) is 0 Å². The zero-order valence-corrected chi connectivity index (χ0v) is 14.9. The summed E-state index contributed by atoms with van der Waals surface area (Å²) in [6.07, 6.45) is 3.85.